The topological polar surface area (TPSA) is 62.1 Å². The number of fused-ring (bicyclic) bond motifs is 1. The molecule has 0 amide bonds. The van der Waals surface area contributed by atoms with Crippen LogP contribution in [0.3, 0.4) is 0 Å². The van der Waals surface area contributed by atoms with Crippen LogP contribution < -0.4 is 15.1 Å². The molecule has 0 radical (unpaired) electrons. The first-order chi connectivity index (χ1) is 15.5. The Bertz CT molecular complexity index is 1270. The van der Waals surface area contributed by atoms with Crippen molar-refractivity contribution in [2.75, 3.05) is 41.3 Å². The van der Waals surface area contributed by atoms with E-state index in [1.807, 2.05) is 31.4 Å². The Kier molecular flexibility index (Phi) is 5.35. The summed E-state index contributed by atoms with van der Waals surface area (Å²) >= 11 is 6.18. The van der Waals surface area contributed by atoms with Crippen molar-refractivity contribution in [1.29, 1.82) is 0 Å². The van der Waals surface area contributed by atoms with E-state index >= 15 is 0 Å². The molecule has 1 N–H and O–H groups in total. The molecule has 0 aliphatic carbocycles. The molecular formula is C24H26ClN7. The average molecular weight is 448 g/mol. The van der Waals surface area contributed by atoms with E-state index in [0.717, 1.165) is 65.4 Å². The van der Waals surface area contributed by atoms with Crippen LogP contribution in [0.4, 0.5) is 23.1 Å². The number of hydrogen-bond acceptors (Lipinski definition) is 6. The highest BCUT2D eigenvalue weighted by Crippen LogP contribution is 2.29. The second kappa shape index (κ2) is 8.31. The molecule has 0 bridgehead atoms. The lowest BCUT2D eigenvalue weighted by molar-refractivity contribution is 0.640. The van der Waals surface area contributed by atoms with Crippen molar-refractivity contribution in [1.82, 2.24) is 19.7 Å². The Labute approximate surface area is 192 Å². The van der Waals surface area contributed by atoms with E-state index < -0.39 is 0 Å². The Morgan fingerprint density at radius 2 is 1.72 bits per heavy atom. The fourth-order valence-corrected chi connectivity index (χ4v) is 4.27. The zero-order valence-corrected chi connectivity index (χ0v) is 19.3. The number of piperazine rings is 1. The number of anilines is 4. The third kappa shape index (κ3) is 3.96. The molecule has 2 aromatic heterocycles. The quantitative estimate of drug-likeness (QED) is 0.489. The lowest BCUT2D eigenvalue weighted by Gasteiger charge is -2.36. The van der Waals surface area contributed by atoms with E-state index in [0.29, 0.717) is 0 Å². The Morgan fingerprint density at radius 1 is 0.938 bits per heavy atom. The molecule has 8 heteroatoms. The van der Waals surface area contributed by atoms with Crippen molar-refractivity contribution in [3.05, 3.63) is 64.8 Å². The van der Waals surface area contributed by atoms with E-state index in [1.54, 1.807) is 4.68 Å². The number of halogens is 1. The zero-order chi connectivity index (χ0) is 22.2. The largest absolute Gasteiger partial charge is 0.368 e. The molecule has 5 rings (SSSR count). The van der Waals surface area contributed by atoms with Crippen LogP contribution in [0.25, 0.3) is 11.0 Å². The van der Waals surface area contributed by atoms with Crippen molar-refractivity contribution >= 4 is 45.8 Å². The maximum atomic E-state index is 6.18. The number of aromatic nitrogens is 4. The maximum absolute atomic E-state index is 6.18. The summed E-state index contributed by atoms with van der Waals surface area (Å²) in [5, 5.41) is 9.63. The first-order valence-electron chi connectivity index (χ1n) is 10.8. The summed E-state index contributed by atoms with van der Waals surface area (Å²) in [5.74, 6) is 1.50. The van der Waals surface area contributed by atoms with Gasteiger partial charge in [-0.1, -0.05) is 29.8 Å². The number of nitrogens with one attached hydrogen (secondary N) is 1. The van der Waals surface area contributed by atoms with Gasteiger partial charge in [-0.25, -0.2) is 0 Å². The van der Waals surface area contributed by atoms with Crippen LogP contribution in [-0.2, 0) is 7.05 Å². The normalized spacial score (nSPS) is 14.2. The second-order valence-corrected chi connectivity index (χ2v) is 8.71. The molecule has 7 nitrogen and oxygen atoms in total. The van der Waals surface area contributed by atoms with Crippen LogP contribution in [-0.4, -0.2) is 45.9 Å². The number of benzene rings is 2. The van der Waals surface area contributed by atoms with Gasteiger partial charge in [0.15, 0.2) is 5.65 Å². The Morgan fingerprint density at radius 3 is 2.50 bits per heavy atom. The highest BCUT2D eigenvalue weighted by Gasteiger charge is 2.22. The van der Waals surface area contributed by atoms with Crippen LogP contribution in [0.15, 0.2) is 48.7 Å². The molecule has 0 atom stereocenters. The van der Waals surface area contributed by atoms with Gasteiger partial charge in [0, 0.05) is 49.6 Å². The summed E-state index contributed by atoms with van der Waals surface area (Å²) < 4.78 is 1.80. The smallest absolute Gasteiger partial charge is 0.229 e. The van der Waals surface area contributed by atoms with Gasteiger partial charge in [0.1, 0.15) is 5.82 Å². The highest BCUT2D eigenvalue weighted by atomic mass is 35.5. The fraction of sp³-hybridized carbons (Fsp3) is 0.292. The van der Waals surface area contributed by atoms with Gasteiger partial charge in [-0.05, 0) is 49.2 Å². The summed E-state index contributed by atoms with van der Waals surface area (Å²) in [6.45, 7) is 7.62. The number of rotatable bonds is 4. The first kappa shape index (κ1) is 20.6. The molecule has 0 unspecified atom stereocenters. The second-order valence-electron chi connectivity index (χ2n) is 8.28. The lowest BCUT2D eigenvalue weighted by Crippen LogP contribution is -2.47. The van der Waals surface area contributed by atoms with Crippen molar-refractivity contribution in [2.45, 2.75) is 13.8 Å². The van der Waals surface area contributed by atoms with E-state index in [-0.39, 0.29) is 0 Å². The van der Waals surface area contributed by atoms with E-state index in [2.05, 4.69) is 58.3 Å². The maximum Gasteiger partial charge on any atom is 0.229 e. The minimum absolute atomic E-state index is 0.722. The summed E-state index contributed by atoms with van der Waals surface area (Å²) in [6.07, 6.45) is 1.82. The lowest BCUT2D eigenvalue weighted by atomic mass is 10.1. The number of aryl methyl sites for hydroxylation is 3. The van der Waals surface area contributed by atoms with Crippen LogP contribution in [0.2, 0.25) is 5.02 Å². The van der Waals surface area contributed by atoms with Crippen molar-refractivity contribution in [2.24, 2.45) is 7.05 Å². The van der Waals surface area contributed by atoms with Crippen molar-refractivity contribution in [3.8, 4) is 0 Å². The minimum atomic E-state index is 0.722. The zero-order valence-electron chi connectivity index (χ0n) is 18.5. The highest BCUT2D eigenvalue weighted by molar-refractivity contribution is 6.30. The van der Waals surface area contributed by atoms with Gasteiger partial charge in [0.05, 0.1) is 11.6 Å². The molecule has 2 aromatic carbocycles. The van der Waals surface area contributed by atoms with Gasteiger partial charge in [-0.2, -0.15) is 15.1 Å². The molecule has 0 spiro atoms. The predicted molar refractivity (Wildman–Crippen MR) is 131 cm³/mol. The predicted octanol–water partition coefficient (Wildman–Crippen LogP) is 4.70. The third-order valence-electron chi connectivity index (χ3n) is 5.96. The summed E-state index contributed by atoms with van der Waals surface area (Å²) in [6, 6.07) is 14.4. The van der Waals surface area contributed by atoms with Crippen LogP contribution in [0.1, 0.15) is 11.1 Å². The molecule has 0 saturated carbocycles. The van der Waals surface area contributed by atoms with Crippen LogP contribution in [0.5, 0.6) is 0 Å². The molecule has 3 heterocycles. The standard InChI is InChI=1S/C24H26ClN7/c1-16-7-8-17(2)21(13-16)27-22-20-15-26-30(3)23(20)29-24(28-22)32-11-9-31(10-12-32)19-6-4-5-18(25)14-19/h4-8,13-15H,9-12H2,1-3H3,(H,27,28,29). The monoisotopic (exact) mass is 447 g/mol. The molecule has 164 valence electrons. The summed E-state index contributed by atoms with van der Waals surface area (Å²) in [5.41, 5.74) is 5.39. The van der Waals surface area contributed by atoms with Gasteiger partial charge in [0.2, 0.25) is 5.95 Å². The minimum Gasteiger partial charge on any atom is -0.368 e. The van der Waals surface area contributed by atoms with Gasteiger partial charge in [0.25, 0.3) is 0 Å². The van der Waals surface area contributed by atoms with E-state index in [1.165, 1.54) is 11.1 Å². The molecular weight excluding hydrogens is 422 g/mol. The molecule has 1 fully saturated rings. The molecule has 1 aliphatic rings. The Balaban J connectivity index is 1.43. The van der Waals surface area contributed by atoms with Crippen LogP contribution in [0, 0.1) is 13.8 Å². The molecule has 1 saturated heterocycles. The Hall–Kier alpha value is -3.32. The SMILES string of the molecule is Cc1ccc(C)c(Nc2nc(N3CCN(c4cccc(Cl)c4)CC3)nc3c2cnn3C)c1. The summed E-state index contributed by atoms with van der Waals surface area (Å²) in [7, 11) is 1.91. The number of hydrogen-bond donors (Lipinski definition) is 1. The van der Waals surface area contributed by atoms with Crippen molar-refractivity contribution in [3.63, 3.8) is 0 Å². The number of nitrogens with zero attached hydrogens (tertiary/aromatic N) is 6. The molecule has 4 aromatic rings. The van der Waals surface area contributed by atoms with Gasteiger partial charge < -0.3 is 15.1 Å². The third-order valence-corrected chi connectivity index (χ3v) is 6.20. The molecule has 32 heavy (non-hydrogen) atoms. The average Bonchev–Trinajstić information content (AvgIpc) is 3.17. The summed E-state index contributed by atoms with van der Waals surface area (Å²) in [4.78, 5) is 14.4. The van der Waals surface area contributed by atoms with Gasteiger partial charge >= 0.3 is 0 Å². The van der Waals surface area contributed by atoms with Crippen LogP contribution >= 0.6 is 11.6 Å². The van der Waals surface area contributed by atoms with Gasteiger partial charge in [-0.15, -0.1) is 0 Å². The molecule has 1 aliphatic heterocycles. The van der Waals surface area contributed by atoms with E-state index in [4.69, 9.17) is 21.6 Å². The van der Waals surface area contributed by atoms with E-state index in [9.17, 15) is 0 Å². The fourth-order valence-electron chi connectivity index (χ4n) is 4.08. The van der Waals surface area contributed by atoms with Crippen molar-refractivity contribution < 1.29 is 0 Å². The first-order valence-corrected chi connectivity index (χ1v) is 11.2. The van der Waals surface area contributed by atoms with Gasteiger partial charge in [-0.3, -0.25) is 4.68 Å².